The molecule has 0 bridgehead atoms. The third-order valence-electron chi connectivity index (χ3n) is 6.24. The van der Waals surface area contributed by atoms with E-state index < -0.39 is 5.79 Å². The Kier molecular flexibility index (Phi) is 8.72. The number of benzene rings is 1. The molecule has 1 aromatic carbocycles. The smallest absolute Gasteiger partial charge is 0.163 e. The van der Waals surface area contributed by atoms with Gasteiger partial charge in [-0.1, -0.05) is 51.1 Å². The van der Waals surface area contributed by atoms with E-state index in [1.165, 1.54) is 12.0 Å². The molecule has 30 heavy (non-hydrogen) atoms. The van der Waals surface area contributed by atoms with Crippen molar-refractivity contribution < 1.29 is 23.7 Å². The highest BCUT2D eigenvalue weighted by Gasteiger charge is 2.41. The average molecular weight is 421 g/mol. The zero-order valence-electron chi connectivity index (χ0n) is 19.3. The van der Waals surface area contributed by atoms with Crippen molar-refractivity contribution in [1.29, 1.82) is 0 Å². The van der Waals surface area contributed by atoms with Gasteiger partial charge in [0.05, 0.1) is 32.0 Å². The fourth-order valence-corrected chi connectivity index (χ4v) is 4.51. The van der Waals surface area contributed by atoms with Crippen LogP contribution in [0.2, 0.25) is 0 Å². The van der Waals surface area contributed by atoms with Crippen LogP contribution in [-0.2, 0) is 30.3 Å². The summed E-state index contributed by atoms with van der Waals surface area (Å²) in [6.45, 7) is 13.3. The SMILES string of the molecule is C[C@H]([C@H](OCc1ccccc1)[C@H](C)COC1CCCCO1)[C@@H]1OC(C)(C)OC[C@H]1C. The Labute approximate surface area is 182 Å². The van der Waals surface area contributed by atoms with Crippen molar-refractivity contribution in [2.45, 2.75) is 84.8 Å². The second kappa shape index (κ2) is 11.1. The first-order chi connectivity index (χ1) is 14.4. The minimum absolute atomic E-state index is 0.00940. The molecule has 0 spiro atoms. The highest BCUT2D eigenvalue weighted by Crippen LogP contribution is 2.34. The van der Waals surface area contributed by atoms with Gasteiger partial charge >= 0.3 is 0 Å². The van der Waals surface area contributed by atoms with Gasteiger partial charge in [0.15, 0.2) is 12.1 Å². The Bertz CT molecular complexity index is 613. The minimum atomic E-state index is -0.564. The molecule has 0 saturated carbocycles. The van der Waals surface area contributed by atoms with Crippen LogP contribution in [0.4, 0.5) is 0 Å². The number of ether oxygens (including phenoxy) is 5. The molecule has 0 amide bonds. The lowest BCUT2D eigenvalue weighted by molar-refractivity contribution is -0.306. The van der Waals surface area contributed by atoms with E-state index in [1.54, 1.807) is 0 Å². The summed E-state index contributed by atoms with van der Waals surface area (Å²) in [6.07, 6.45) is 3.28. The van der Waals surface area contributed by atoms with E-state index in [0.717, 1.165) is 19.4 Å². The van der Waals surface area contributed by atoms with Gasteiger partial charge in [0.25, 0.3) is 0 Å². The normalized spacial score (nSPS) is 29.8. The van der Waals surface area contributed by atoms with E-state index in [4.69, 9.17) is 23.7 Å². The summed E-state index contributed by atoms with van der Waals surface area (Å²) in [5, 5.41) is 0. The molecule has 6 atom stereocenters. The van der Waals surface area contributed by atoms with Crippen molar-refractivity contribution in [2.24, 2.45) is 17.8 Å². The van der Waals surface area contributed by atoms with Crippen molar-refractivity contribution in [2.75, 3.05) is 19.8 Å². The van der Waals surface area contributed by atoms with Crippen LogP contribution >= 0.6 is 0 Å². The molecule has 0 aliphatic carbocycles. The van der Waals surface area contributed by atoms with Gasteiger partial charge in [-0.2, -0.15) is 0 Å². The van der Waals surface area contributed by atoms with Gasteiger partial charge in [-0.15, -0.1) is 0 Å². The summed E-state index contributed by atoms with van der Waals surface area (Å²) in [5.74, 6) is 0.171. The molecule has 170 valence electrons. The maximum Gasteiger partial charge on any atom is 0.163 e. The van der Waals surface area contributed by atoms with E-state index in [-0.39, 0.29) is 30.3 Å². The second-order valence-electron chi connectivity index (χ2n) is 9.50. The molecule has 2 saturated heterocycles. The molecule has 2 aliphatic rings. The highest BCUT2D eigenvalue weighted by atomic mass is 16.7. The van der Waals surface area contributed by atoms with Crippen LogP contribution in [0.1, 0.15) is 59.4 Å². The fourth-order valence-electron chi connectivity index (χ4n) is 4.51. The standard InChI is InChI=1S/C25H40O5/c1-18(15-27-22-13-9-10-14-26-22)23(28-17-21-11-7-6-8-12-21)20(3)24-19(2)16-29-25(4,5)30-24/h6-8,11-12,18-20,22-24H,9-10,13-17H2,1-5H3/t18-,19-,20-,22?,23-,24-/m1/s1. The van der Waals surface area contributed by atoms with Gasteiger partial charge in [0.2, 0.25) is 0 Å². The lowest BCUT2D eigenvalue weighted by Gasteiger charge is -2.45. The van der Waals surface area contributed by atoms with Gasteiger partial charge in [-0.25, -0.2) is 0 Å². The highest BCUT2D eigenvalue weighted by molar-refractivity contribution is 5.13. The maximum absolute atomic E-state index is 6.52. The molecule has 5 heteroatoms. The topological polar surface area (TPSA) is 46.2 Å². The first-order valence-electron chi connectivity index (χ1n) is 11.6. The van der Waals surface area contributed by atoms with Crippen molar-refractivity contribution in [3.63, 3.8) is 0 Å². The monoisotopic (exact) mass is 420 g/mol. The third-order valence-corrected chi connectivity index (χ3v) is 6.24. The Morgan fingerprint density at radius 1 is 1.13 bits per heavy atom. The summed E-state index contributed by atoms with van der Waals surface area (Å²) in [7, 11) is 0. The maximum atomic E-state index is 6.52. The van der Waals surface area contributed by atoms with E-state index in [1.807, 2.05) is 19.9 Å². The van der Waals surface area contributed by atoms with Gasteiger partial charge in [-0.05, 0) is 38.7 Å². The van der Waals surface area contributed by atoms with Crippen LogP contribution in [0.25, 0.3) is 0 Å². The zero-order valence-corrected chi connectivity index (χ0v) is 19.3. The van der Waals surface area contributed by atoms with Crippen molar-refractivity contribution >= 4 is 0 Å². The lowest BCUT2D eigenvalue weighted by Crippen LogP contribution is -2.51. The molecule has 2 aliphatic heterocycles. The first kappa shape index (κ1) is 23.7. The molecular weight excluding hydrogens is 380 g/mol. The molecule has 1 unspecified atom stereocenters. The Morgan fingerprint density at radius 2 is 1.90 bits per heavy atom. The van der Waals surface area contributed by atoms with Crippen LogP contribution < -0.4 is 0 Å². The molecule has 0 aromatic heterocycles. The van der Waals surface area contributed by atoms with Crippen molar-refractivity contribution in [3.05, 3.63) is 35.9 Å². The van der Waals surface area contributed by atoms with E-state index >= 15 is 0 Å². The Balaban J connectivity index is 1.66. The summed E-state index contributed by atoms with van der Waals surface area (Å²) in [6, 6.07) is 10.3. The van der Waals surface area contributed by atoms with E-state index in [0.29, 0.717) is 25.7 Å². The number of hydrogen-bond donors (Lipinski definition) is 0. The summed E-state index contributed by atoms with van der Waals surface area (Å²) >= 11 is 0. The number of rotatable bonds is 9. The largest absolute Gasteiger partial charge is 0.373 e. The first-order valence-corrected chi connectivity index (χ1v) is 11.6. The molecule has 2 fully saturated rings. The third kappa shape index (κ3) is 6.76. The Hall–Kier alpha value is -0.980. The second-order valence-corrected chi connectivity index (χ2v) is 9.50. The summed E-state index contributed by atoms with van der Waals surface area (Å²) in [4.78, 5) is 0. The van der Waals surface area contributed by atoms with Gasteiger partial charge in [-0.3, -0.25) is 0 Å². The van der Waals surface area contributed by atoms with Crippen molar-refractivity contribution in [1.82, 2.24) is 0 Å². The van der Waals surface area contributed by atoms with Crippen LogP contribution in [-0.4, -0.2) is 44.1 Å². The zero-order chi connectivity index (χ0) is 21.6. The molecule has 2 heterocycles. The van der Waals surface area contributed by atoms with Gasteiger partial charge in [0, 0.05) is 24.4 Å². The van der Waals surface area contributed by atoms with Gasteiger partial charge in [0.1, 0.15) is 0 Å². The minimum Gasteiger partial charge on any atom is -0.373 e. The number of hydrogen-bond acceptors (Lipinski definition) is 5. The predicted octanol–water partition coefficient (Wildman–Crippen LogP) is 5.17. The predicted molar refractivity (Wildman–Crippen MR) is 117 cm³/mol. The molecule has 0 N–H and O–H groups in total. The molecule has 5 nitrogen and oxygen atoms in total. The van der Waals surface area contributed by atoms with Crippen molar-refractivity contribution in [3.8, 4) is 0 Å². The Morgan fingerprint density at radius 3 is 2.60 bits per heavy atom. The molecular formula is C25H40O5. The lowest BCUT2D eigenvalue weighted by atomic mass is 9.83. The van der Waals surface area contributed by atoms with E-state index in [2.05, 4.69) is 45.0 Å². The van der Waals surface area contributed by atoms with Crippen LogP contribution in [0.3, 0.4) is 0 Å². The van der Waals surface area contributed by atoms with Crippen LogP contribution in [0.5, 0.6) is 0 Å². The molecule has 3 rings (SSSR count). The molecule has 1 aromatic rings. The average Bonchev–Trinajstić information content (AvgIpc) is 2.75. The van der Waals surface area contributed by atoms with E-state index in [9.17, 15) is 0 Å². The van der Waals surface area contributed by atoms with Gasteiger partial charge < -0.3 is 23.7 Å². The molecule has 0 radical (unpaired) electrons. The fraction of sp³-hybridized carbons (Fsp3) is 0.760. The van der Waals surface area contributed by atoms with Crippen LogP contribution in [0.15, 0.2) is 30.3 Å². The summed E-state index contributed by atoms with van der Waals surface area (Å²) in [5.41, 5.74) is 1.18. The van der Waals surface area contributed by atoms with Crippen LogP contribution in [0, 0.1) is 17.8 Å². The quantitative estimate of drug-likeness (QED) is 0.551. The summed E-state index contributed by atoms with van der Waals surface area (Å²) < 4.78 is 30.6.